The van der Waals surface area contributed by atoms with Crippen LogP contribution in [0.4, 0.5) is 0 Å². The van der Waals surface area contributed by atoms with Gasteiger partial charge in [-0.15, -0.1) is 0 Å². The molecule has 0 aliphatic rings. The summed E-state index contributed by atoms with van der Waals surface area (Å²) in [6, 6.07) is 11.3. The standard InChI is InChI=1S/C14H25ClGe2/c1-5-16(6-2,17(15,7-3)8-4)14-12-10-9-11-13-14/h9-13H,5-8H2,1-4H3. The van der Waals surface area contributed by atoms with Crippen LogP contribution in [0.15, 0.2) is 30.3 Å². The van der Waals surface area contributed by atoms with E-state index in [0.717, 1.165) is 0 Å². The third-order valence-corrected chi connectivity index (χ3v) is 70.7. The number of halogens is 1. The van der Waals surface area contributed by atoms with E-state index < -0.39 is 21.7 Å². The summed E-state index contributed by atoms with van der Waals surface area (Å²) >= 11 is -2.02. The molecule has 1 rings (SSSR count). The van der Waals surface area contributed by atoms with Crippen molar-refractivity contribution in [3.05, 3.63) is 30.3 Å². The van der Waals surface area contributed by atoms with Crippen LogP contribution in [0, 0.1) is 0 Å². The van der Waals surface area contributed by atoms with Gasteiger partial charge in [0.15, 0.2) is 0 Å². The Bertz CT molecular complexity index is 329. The van der Waals surface area contributed by atoms with Crippen molar-refractivity contribution in [2.24, 2.45) is 0 Å². The second-order valence-corrected chi connectivity index (χ2v) is 48.6. The first kappa shape index (κ1) is 15.7. The van der Waals surface area contributed by atoms with Crippen LogP contribution in [0.1, 0.15) is 27.7 Å². The molecule has 1 aromatic rings. The van der Waals surface area contributed by atoms with Gasteiger partial charge in [-0.3, -0.25) is 0 Å². The first-order valence-corrected chi connectivity index (χ1v) is 23.1. The Kier molecular flexibility index (Phi) is 6.14. The van der Waals surface area contributed by atoms with Gasteiger partial charge in [-0.2, -0.15) is 0 Å². The Hall–Kier alpha value is 0.596. The fraction of sp³-hybridized carbons (Fsp3) is 0.571. The van der Waals surface area contributed by atoms with Crippen LogP contribution in [0.25, 0.3) is 0 Å². The van der Waals surface area contributed by atoms with Crippen molar-refractivity contribution >= 4 is 36.1 Å². The number of hydrogen-bond acceptors (Lipinski definition) is 0. The Labute approximate surface area is 114 Å². The van der Waals surface area contributed by atoms with E-state index in [1.54, 1.807) is 4.40 Å². The quantitative estimate of drug-likeness (QED) is 0.635. The summed E-state index contributed by atoms with van der Waals surface area (Å²) in [5.41, 5.74) is 0. The summed E-state index contributed by atoms with van der Waals surface area (Å²) in [5.74, 6) is 0. The maximum absolute atomic E-state index is 7.24. The number of benzene rings is 1. The van der Waals surface area contributed by atoms with Gasteiger partial charge in [0.2, 0.25) is 0 Å². The van der Waals surface area contributed by atoms with Gasteiger partial charge in [0.25, 0.3) is 0 Å². The molecular weight excluding hydrogens is 349 g/mol. The van der Waals surface area contributed by atoms with Gasteiger partial charge in [0.1, 0.15) is 0 Å². The molecule has 0 aliphatic heterocycles. The van der Waals surface area contributed by atoms with Crippen LogP contribution in [0.5, 0.6) is 0 Å². The molecule has 96 valence electrons. The van der Waals surface area contributed by atoms with Crippen LogP contribution >= 0.6 is 10.0 Å². The van der Waals surface area contributed by atoms with Gasteiger partial charge in [0.05, 0.1) is 0 Å². The molecule has 0 fully saturated rings. The van der Waals surface area contributed by atoms with E-state index in [1.807, 2.05) is 0 Å². The molecule has 0 saturated heterocycles. The van der Waals surface area contributed by atoms with Gasteiger partial charge in [-0.1, -0.05) is 0 Å². The molecule has 0 spiro atoms. The summed E-state index contributed by atoms with van der Waals surface area (Å²) in [4.78, 5) is 0. The van der Waals surface area contributed by atoms with Crippen LogP contribution < -0.4 is 4.40 Å². The van der Waals surface area contributed by atoms with Crippen molar-refractivity contribution in [1.82, 2.24) is 0 Å². The van der Waals surface area contributed by atoms with Crippen molar-refractivity contribution in [1.29, 1.82) is 0 Å². The Balaban J connectivity index is 3.32. The van der Waals surface area contributed by atoms with E-state index in [9.17, 15) is 0 Å². The third-order valence-electron chi connectivity index (χ3n) is 4.51. The molecule has 0 heterocycles. The predicted octanol–water partition coefficient (Wildman–Crippen LogP) is 4.68. The van der Waals surface area contributed by atoms with Crippen LogP contribution in [0.2, 0.25) is 21.0 Å². The minimum atomic E-state index is -2.12. The van der Waals surface area contributed by atoms with Crippen LogP contribution in [-0.2, 0) is 0 Å². The summed E-state index contributed by atoms with van der Waals surface area (Å²) < 4.78 is 1.66. The van der Waals surface area contributed by atoms with Crippen molar-refractivity contribution in [3.63, 3.8) is 0 Å². The summed E-state index contributed by atoms with van der Waals surface area (Å²) in [7, 11) is 5.11. The summed E-state index contributed by atoms with van der Waals surface area (Å²) in [6.45, 7) is 9.46. The molecule has 0 saturated carbocycles. The van der Waals surface area contributed by atoms with Crippen molar-refractivity contribution in [2.75, 3.05) is 0 Å². The van der Waals surface area contributed by atoms with Gasteiger partial charge in [-0.25, -0.2) is 0 Å². The fourth-order valence-corrected chi connectivity index (χ4v) is 61.6. The van der Waals surface area contributed by atoms with E-state index in [2.05, 4.69) is 58.0 Å². The van der Waals surface area contributed by atoms with E-state index in [4.69, 9.17) is 10.0 Å². The zero-order valence-corrected chi connectivity index (χ0v) is 16.5. The van der Waals surface area contributed by atoms with Crippen LogP contribution in [-0.4, -0.2) is 21.7 Å². The fourth-order valence-electron chi connectivity index (χ4n) is 3.23. The Morgan fingerprint density at radius 2 is 1.29 bits per heavy atom. The van der Waals surface area contributed by atoms with Gasteiger partial charge in [-0.05, 0) is 0 Å². The molecule has 0 N–H and O–H groups in total. The first-order chi connectivity index (χ1) is 8.10. The van der Waals surface area contributed by atoms with E-state index in [0.29, 0.717) is 0 Å². The van der Waals surface area contributed by atoms with Crippen molar-refractivity contribution in [3.8, 4) is 0 Å². The molecule has 0 radical (unpaired) electrons. The molecule has 3 heteroatoms. The monoisotopic (exact) mass is 376 g/mol. The van der Waals surface area contributed by atoms with Crippen molar-refractivity contribution in [2.45, 2.75) is 48.7 Å². The Morgan fingerprint density at radius 3 is 1.65 bits per heavy atom. The van der Waals surface area contributed by atoms with Crippen LogP contribution in [0.3, 0.4) is 0 Å². The molecule has 0 aliphatic carbocycles. The third kappa shape index (κ3) is 2.79. The molecule has 0 nitrogen and oxygen atoms in total. The van der Waals surface area contributed by atoms with Crippen molar-refractivity contribution < 1.29 is 0 Å². The maximum atomic E-state index is 7.24. The molecule has 0 atom stereocenters. The second kappa shape index (κ2) is 6.67. The van der Waals surface area contributed by atoms with Gasteiger partial charge >= 0.3 is 115 Å². The number of hydrogen-bond donors (Lipinski definition) is 0. The molecule has 0 unspecified atom stereocenters. The summed E-state index contributed by atoms with van der Waals surface area (Å²) in [5, 5.41) is 5.31. The summed E-state index contributed by atoms with van der Waals surface area (Å²) in [6.07, 6.45) is 0. The molecular formula is C14H25ClGe2. The van der Waals surface area contributed by atoms with E-state index in [1.165, 1.54) is 21.0 Å². The van der Waals surface area contributed by atoms with Gasteiger partial charge in [0, 0.05) is 0 Å². The average molecular weight is 374 g/mol. The second-order valence-electron chi connectivity index (χ2n) is 4.83. The SMILES string of the molecule is C[CH2][Ge]([Cl])([CH2]C)[Ge]([CH2]C)([CH2]C)[c]1ccccc1. The zero-order valence-electron chi connectivity index (χ0n) is 11.6. The topological polar surface area (TPSA) is 0 Å². The first-order valence-electron chi connectivity index (χ1n) is 6.84. The average Bonchev–Trinajstić information content (AvgIpc) is 2.41. The van der Waals surface area contributed by atoms with Gasteiger partial charge < -0.3 is 0 Å². The van der Waals surface area contributed by atoms with E-state index in [-0.39, 0.29) is 0 Å². The Morgan fingerprint density at radius 1 is 0.824 bits per heavy atom. The molecule has 0 bridgehead atoms. The van der Waals surface area contributed by atoms with E-state index >= 15 is 0 Å². The molecule has 1 aromatic carbocycles. The molecule has 0 aromatic heterocycles. The predicted molar refractivity (Wildman–Crippen MR) is 85.4 cm³/mol. The number of rotatable bonds is 6. The minimum absolute atomic E-state index is 1.29. The normalized spacial score (nSPS) is 12.8. The molecule has 0 amide bonds. The molecule has 17 heavy (non-hydrogen) atoms. The zero-order chi connectivity index (χ0) is 12.9.